The van der Waals surface area contributed by atoms with Crippen LogP contribution < -0.4 is 10.1 Å². The van der Waals surface area contributed by atoms with Gasteiger partial charge in [0.2, 0.25) is 5.91 Å². The molecule has 0 saturated heterocycles. The number of thioether (sulfide) groups is 1. The SMILES string of the molecule is CCn1c(SCC(=O)Nc2cc(F)ccc2C)nnc1-c1ccc(OC)cc1. The zero-order valence-electron chi connectivity index (χ0n) is 15.9. The topological polar surface area (TPSA) is 69.0 Å². The Hall–Kier alpha value is -2.87. The molecule has 146 valence electrons. The van der Waals surface area contributed by atoms with Crippen LogP contribution in [0.4, 0.5) is 10.1 Å². The first kappa shape index (κ1) is 19.9. The van der Waals surface area contributed by atoms with Gasteiger partial charge in [0.05, 0.1) is 12.9 Å². The Kier molecular flexibility index (Phi) is 6.30. The molecule has 0 spiro atoms. The van der Waals surface area contributed by atoms with E-state index in [1.54, 1.807) is 13.2 Å². The van der Waals surface area contributed by atoms with Crippen molar-refractivity contribution in [2.24, 2.45) is 0 Å². The number of amides is 1. The fourth-order valence-electron chi connectivity index (χ4n) is 2.68. The monoisotopic (exact) mass is 400 g/mol. The zero-order valence-corrected chi connectivity index (χ0v) is 16.7. The third kappa shape index (κ3) is 4.51. The summed E-state index contributed by atoms with van der Waals surface area (Å²) in [6.07, 6.45) is 0. The molecule has 0 fully saturated rings. The molecule has 2 aromatic carbocycles. The van der Waals surface area contributed by atoms with Gasteiger partial charge in [0.25, 0.3) is 0 Å². The van der Waals surface area contributed by atoms with Gasteiger partial charge in [-0.25, -0.2) is 4.39 Å². The van der Waals surface area contributed by atoms with Crippen LogP contribution in [-0.4, -0.2) is 33.5 Å². The number of nitrogens with one attached hydrogen (secondary N) is 1. The van der Waals surface area contributed by atoms with E-state index in [4.69, 9.17) is 4.74 Å². The van der Waals surface area contributed by atoms with Gasteiger partial charge in [0.1, 0.15) is 11.6 Å². The third-order valence-corrected chi connectivity index (χ3v) is 5.15. The number of aryl methyl sites for hydroxylation is 1. The molecule has 3 rings (SSSR count). The second-order valence-electron chi connectivity index (χ2n) is 6.08. The lowest BCUT2D eigenvalue weighted by molar-refractivity contribution is -0.113. The van der Waals surface area contributed by atoms with E-state index < -0.39 is 0 Å². The van der Waals surface area contributed by atoms with Crippen molar-refractivity contribution in [2.75, 3.05) is 18.2 Å². The molecule has 0 radical (unpaired) electrons. The van der Waals surface area contributed by atoms with Crippen LogP contribution in [0, 0.1) is 12.7 Å². The molecule has 0 unspecified atom stereocenters. The smallest absolute Gasteiger partial charge is 0.234 e. The highest BCUT2D eigenvalue weighted by atomic mass is 32.2. The Bertz CT molecular complexity index is 973. The van der Waals surface area contributed by atoms with E-state index in [1.807, 2.05) is 42.7 Å². The van der Waals surface area contributed by atoms with Gasteiger partial charge >= 0.3 is 0 Å². The first-order valence-electron chi connectivity index (χ1n) is 8.78. The number of benzene rings is 2. The number of carbonyl (C=O) groups excluding carboxylic acids is 1. The molecule has 6 nitrogen and oxygen atoms in total. The van der Waals surface area contributed by atoms with E-state index in [9.17, 15) is 9.18 Å². The molecule has 3 aromatic rings. The Morgan fingerprint density at radius 1 is 1.21 bits per heavy atom. The third-order valence-electron chi connectivity index (χ3n) is 4.19. The van der Waals surface area contributed by atoms with Crippen LogP contribution in [0.5, 0.6) is 5.75 Å². The molecule has 1 heterocycles. The summed E-state index contributed by atoms with van der Waals surface area (Å²) < 4.78 is 20.5. The normalized spacial score (nSPS) is 10.7. The average molecular weight is 400 g/mol. The maximum Gasteiger partial charge on any atom is 0.234 e. The van der Waals surface area contributed by atoms with Gasteiger partial charge in [-0.05, 0) is 55.8 Å². The predicted molar refractivity (Wildman–Crippen MR) is 108 cm³/mol. The first-order chi connectivity index (χ1) is 13.5. The Morgan fingerprint density at radius 2 is 1.96 bits per heavy atom. The number of methoxy groups -OCH3 is 1. The lowest BCUT2D eigenvalue weighted by Crippen LogP contribution is -2.15. The van der Waals surface area contributed by atoms with Crippen molar-refractivity contribution < 1.29 is 13.9 Å². The van der Waals surface area contributed by atoms with Crippen molar-refractivity contribution in [1.29, 1.82) is 0 Å². The average Bonchev–Trinajstić information content (AvgIpc) is 3.12. The van der Waals surface area contributed by atoms with Crippen LogP contribution in [0.3, 0.4) is 0 Å². The summed E-state index contributed by atoms with van der Waals surface area (Å²) in [5, 5.41) is 11.9. The van der Waals surface area contributed by atoms with E-state index in [1.165, 1.54) is 23.9 Å². The van der Waals surface area contributed by atoms with Crippen molar-refractivity contribution in [2.45, 2.75) is 25.5 Å². The van der Waals surface area contributed by atoms with E-state index in [2.05, 4.69) is 15.5 Å². The molecule has 8 heteroatoms. The molecular weight excluding hydrogens is 379 g/mol. The molecule has 28 heavy (non-hydrogen) atoms. The molecule has 0 saturated carbocycles. The molecule has 0 aliphatic rings. The second-order valence-corrected chi connectivity index (χ2v) is 7.02. The molecule has 1 N–H and O–H groups in total. The molecule has 1 amide bonds. The van der Waals surface area contributed by atoms with E-state index in [-0.39, 0.29) is 17.5 Å². The number of anilines is 1. The number of halogens is 1. The van der Waals surface area contributed by atoms with Gasteiger partial charge in [-0.2, -0.15) is 0 Å². The highest BCUT2D eigenvalue weighted by Crippen LogP contribution is 2.26. The molecule has 0 atom stereocenters. The molecular formula is C20H21FN4O2S. The van der Waals surface area contributed by atoms with Gasteiger partial charge in [-0.3, -0.25) is 4.79 Å². The molecule has 0 aliphatic carbocycles. The van der Waals surface area contributed by atoms with Crippen LogP contribution in [0.1, 0.15) is 12.5 Å². The summed E-state index contributed by atoms with van der Waals surface area (Å²) in [7, 11) is 1.62. The van der Waals surface area contributed by atoms with E-state index >= 15 is 0 Å². The summed E-state index contributed by atoms with van der Waals surface area (Å²) in [6, 6.07) is 11.9. The minimum atomic E-state index is -0.386. The minimum absolute atomic E-state index is 0.150. The van der Waals surface area contributed by atoms with Crippen LogP contribution in [0.2, 0.25) is 0 Å². The fraction of sp³-hybridized carbons (Fsp3) is 0.250. The van der Waals surface area contributed by atoms with Gasteiger partial charge in [-0.15, -0.1) is 10.2 Å². The first-order valence-corrected chi connectivity index (χ1v) is 9.76. The van der Waals surface area contributed by atoms with E-state index in [0.29, 0.717) is 17.4 Å². The van der Waals surface area contributed by atoms with Crippen LogP contribution >= 0.6 is 11.8 Å². The Morgan fingerprint density at radius 3 is 2.64 bits per heavy atom. The zero-order chi connectivity index (χ0) is 20.1. The minimum Gasteiger partial charge on any atom is -0.497 e. The Balaban J connectivity index is 1.69. The second kappa shape index (κ2) is 8.88. The lowest BCUT2D eigenvalue weighted by Gasteiger charge is -2.09. The lowest BCUT2D eigenvalue weighted by atomic mass is 10.2. The summed E-state index contributed by atoms with van der Waals surface area (Å²) in [6.45, 7) is 4.48. The van der Waals surface area contributed by atoms with Crippen molar-refractivity contribution in [3.63, 3.8) is 0 Å². The fourth-order valence-corrected chi connectivity index (χ4v) is 3.48. The highest BCUT2D eigenvalue weighted by molar-refractivity contribution is 7.99. The van der Waals surface area contributed by atoms with Crippen molar-refractivity contribution >= 4 is 23.4 Å². The summed E-state index contributed by atoms with van der Waals surface area (Å²) in [5.74, 6) is 1.04. The maximum atomic E-state index is 13.4. The number of rotatable bonds is 7. The number of carbonyl (C=O) groups is 1. The van der Waals surface area contributed by atoms with Gasteiger partial charge < -0.3 is 14.6 Å². The number of hydrogen-bond donors (Lipinski definition) is 1. The number of nitrogens with zero attached hydrogens (tertiary/aromatic N) is 3. The van der Waals surface area contributed by atoms with Gasteiger partial charge in [-0.1, -0.05) is 17.8 Å². The Labute approximate surface area is 167 Å². The molecule has 1 aromatic heterocycles. The molecule has 0 bridgehead atoms. The summed E-state index contributed by atoms with van der Waals surface area (Å²) >= 11 is 1.29. The number of hydrogen-bond acceptors (Lipinski definition) is 5. The van der Waals surface area contributed by atoms with Crippen LogP contribution in [0.15, 0.2) is 47.6 Å². The number of aromatic nitrogens is 3. The van der Waals surface area contributed by atoms with Crippen molar-refractivity contribution in [1.82, 2.24) is 14.8 Å². The van der Waals surface area contributed by atoms with Gasteiger partial charge in [0, 0.05) is 17.8 Å². The van der Waals surface area contributed by atoms with Crippen LogP contribution in [0.25, 0.3) is 11.4 Å². The van der Waals surface area contributed by atoms with Crippen molar-refractivity contribution in [3.05, 3.63) is 53.8 Å². The summed E-state index contributed by atoms with van der Waals surface area (Å²) in [4.78, 5) is 12.3. The van der Waals surface area contributed by atoms with Crippen LogP contribution in [-0.2, 0) is 11.3 Å². The van der Waals surface area contributed by atoms with Crippen molar-refractivity contribution in [3.8, 4) is 17.1 Å². The molecule has 0 aliphatic heterocycles. The maximum absolute atomic E-state index is 13.4. The quantitative estimate of drug-likeness (QED) is 0.604. The van der Waals surface area contributed by atoms with E-state index in [0.717, 1.165) is 22.7 Å². The summed E-state index contributed by atoms with van der Waals surface area (Å²) in [5.41, 5.74) is 2.20. The van der Waals surface area contributed by atoms with Gasteiger partial charge in [0.15, 0.2) is 11.0 Å². The number of ether oxygens (including phenoxy) is 1. The standard InChI is InChI=1S/C20H21FN4O2S/c1-4-25-19(14-6-9-16(27-3)10-7-14)23-24-20(25)28-12-18(26)22-17-11-15(21)8-5-13(17)2/h5-11H,4,12H2,1-3H3,(H,22,26). The largest absolute Gasteiger partial charge is 0.497 e. The predicted octanol–water partition coefficient (Wildman–Crippen LogP) is 4.15. The highest BCUT2D eigenvalue weighted by Gasteiger charge is 2.15.